The van der Waals surface area contributed by atoms with Gasteiger partial charge >= 0.3 is 5.97 Å². The number of primary amides is 1. The summed E-state index contributed by atoms with van der Waals surface area (Å²) >= 11 is 0. The van der Waals surface area contributed by atoms with E-state index in [1.165, 1.54) is 0 Å². The maximum Gasteiger partial charge on any atom is 0.309 e. The van der Waals surface area contributed by atoms with Crippen molar-refractivity contribution in [2.24, 2.45) is 17.6 Å². The molecule has 4 bridgehead atoms. The van der Waals surface area contributed by atoms with E-state index < -0.39 is 40.1 Å². The molecule has 0 saturated heterocycles. The third-order valence-electron chi connectivity index (χ3n) is 10.4. The minimum absolute atomic E-state index is 0.0804. The number of benzene rings is 3. The topological polar surface area (TPSA) is 157 Å². The van der Waals surface area contributed by atoms with E-state index >= 15 is 0 Å². The van der Waals surface area contributed by atoms with Crippen LogP contribution in [0.25, 0.3) is 10.8 Å². The highest BCUT2D eigenvalue weighted by Crippen LogP contribution is 2.71. The molecule has 4 fully saturated rings. The summed E-state index contributed by atoms with van der Waals surface area (Å²) in [7, 11) is 3.25. The number of hydrogen-bond donors (Lipinski definition) is 4. The molecule has 1 aromatic heterocycles. The van der Waals surface area contributed by atoms with Gasteiger partial charge in [-0.05, 0) is 78.6 Å². The number of carboxylic acids is 1. The third kappa shape index (κ3) is 3.86. The van der Waals surface area contributed by atoms with E-state index in [0.717, 1.165) is 22.9 Å². The van der Waals surface area contributed by atoms with Crippen LogP contribution in [-0.4, -0.2) is 52.8 Å². The first-order valence-corrected chi connectivity index (χ1v) is 14.8. The van der Waals surface area contributed by atoms with Gasteiger partial charge in [0, 0.05) is 28.2 Å². The molecular weight excluding hydrogens is 560 g/mol. The molecule has 2 amide bonds. The Hall–Kier alpha value is -4.86. The summed E-state index contributed by atoms with van der Waals surface area (Å²) in [5.74, 6) is -1.51. The van der Waals surface area contributed by atoms with Gasteiger partial charge in [0.25, 0.3) is 5.91 Å². The fourth-order valence-corrected chi connectivity index (χ4v) is 9.61. The predicted octanol–water partition coefficient (Wildman–Crippen LogP) is 4.33. The highest BCUT2D eigenvalue weighted by atomic mass is 16.5. The number of fused-ring (bicyclic) bond motifs is 1. The maximum atomic E-state index is 13.7. The monoisotopic (exact) mass is 594 g/mol. The Morgan fingerprint density at radius 1 is 0.932 bits per heavy atom. The van der Waals surface area contributed by atoms with E-state index in [2.05, 4.69) is 15.5 Å². The lowest BCUT2D eigenvalue weighted by Gasteiger charge is -2.69. The Kier molecular flexibility index (Phi) is 6.25. The number of aromatic nitrogens is 2. The number of amides is 2. The van der Waals surface area contributed by atoms with Crippen LogP contribution >= 0.6 is 0 Å². The van der Waals surface area contributed by atoms with Crippen LogP contribution in [0.1, 0.15) is 64.1 Å². The highest BCUT2D eigenvalue weighted by molar-refractivity contribution is 6.07. The Bertz CT molecular complexity index is 1800. The van der Waals surface area contributed by atoms with Crippen molar-refractivity contribution in [2.45, 2.75) is 48.5 Å². The number of H-pyrrole nitrogens is 1. The SMILES string of the molecule is COc1cccc(OC)c1C12CC3CC(NC(=O)c4cc[nH]n4)(C1)C(C(=O)O)C(c1ccc(C(N)=O)c4ccccc14)(C3)C2. The number of nitrogens with one attached hydrogen (secondary N) is 2. The fourth-order valence-electron chi connectivity index (χ4n) is 9.61. The van der Waals surface area contributed by atoms with Crippen molar-refractivity contribution < 1.29 is 29.0 Å². The van der Waals surface area contributed by atoms with Gasteiger partial charge in [-0.2, -0.15) is 5.10 Å². The van der Waals surface area contributed by atoms with E-state index in [9.17, 15) is 19.5 Å². The van der Waals surface area contributed by atoms with E-state index in [1.807, 2.05) is 48.5 Å². The van der Waals surface area contributed by atoms with E-state index in [4.69, 9.17) is 15.2 Å². The number of ether oxygens (including phenoxy) is 2. The number of nitrogens with two attached hydrogens (primary N) is 1. The number of carbonyl (C=O) groups excluding carboxylic acids is 2. The predicted molar refractivity (Wildman–Crippen MR) is 162 cm³/mol. The number of rotatable bonds is 8. The molecule has 5 unspecified atom stereocenters. The molecule has 226 valence electrons. The molecule has 10 nitrogen and oxygen atoms in total. The highest BCUT2D eigenvalue weighted by Gasteiger charge is 2.72. The van der Waals surface area contributed by atoms with Crippen molar-refractivity contribution >= 4 is 28.6 Å². The summed E-state index contributed by atoms with van der Waals surface area (Å²) in [5, 5.41) is 22.6. The molecule has 4 aliphatic carbocycles. The Balaban J connectivity index is 1.53. The second-order valence-electron chi connectivity index (χ2n) is 12.7. The molecule has 8 rings (SSSR count). The van der Waals surface area contributed by atoms with E-state index in [-0.39, 0.29) is 11.6 Å². The van der Waals surface area contributed by atoms with Crippen LogP contribution in [-0.2, 0) is 15.6 Å². The van der Waals surface area contributed by atoms with Crippen LogP contribution in [0.5, 0.6) is 11.5 Å². The summed E-state index contributed by atoms with van der Waals surface area (Å²) in [6, 6.07) is 18.4. The molecule has 4 saturated carbocycles. The molecule has 4 aromatic rings. The van der Waals surface area contributed by atoms with Gasteiger partial charge in [0.05, 0.1) is 25.7 Å². The van der Waals surface area contributed by atoms with Gasteiger partial charge in [-0.25, -0.2) is 0 Å². The van der Waals surface area contributed by atoms with Gasteiger partial charge in [0.1, 0.15) is 17.2 Å². The first kappa shape index (κ1) is 27.9. The lowest BCUT2D eigenvalue weighted by molar-refractivity contribution is -0.167. The molecule has 4 aliphatic rings. The first-order chi connectivity index (χ1) is 21.2. The average Bonchev–Trinajstić information content (AvgIpc) is 3.54. The molecule has 44 heavy (non-hydrogen) atoms. The zero-order valence-corrected chi connectivity index (χ0v) is 24.6. The zero-order chi connectivity index (χ0) is 30.9. The van der Waals surface area contributed by atoms with Gasteiger partial charge in [0.2, 0.25) is 5.91 Å². The van der Waals surface area contributed by atoms with Crippen LogP contribution in [0.4, 0.5) is 0 Å². The molecule has 5 N–H and O–H groups in total. The van der Waals surface area contributed by atoms with Crippen molar-refractivity contribution in [1.29, 1.82) is 0 Å². The van der Waals surface area contributed by atoms with Crippen molar-refractivity contribution in [2.75, 3.05) is 14.2 Å². The summed E-state index contributed by atoms with van der Waals surface area (Å²) < 4.78 is 11.9. The molecule has 0 spiro atoms. The van der Waals surface area contributed by atoms with Crippen molar-refractivity contribution in [3.8, 4) is 11.5 Å². The van der Waals surface area contributed by atoms with Crippen LogP contribution in [0, 0.1) is 11.8 Å². The lowest BCUT2D eigenvalue weighted by Crippen LogP contribution is -2.75. The van der Waals surface area contributed by atoms with Gasteiger partial charge in [-0.15, -0.1) is 0 Å². The Morgan fingerprint density at radius 2 is 1.66 bits per heavy atom. The van der Waals surface area contributed by atoms with Gasteiger partial charge in [-0.3, -0.25) is 19.5 Å². The first-order valence-electron chi connectivity index (χ1n) is 14.8. The van der Waals surface area contributed by atoms with Crippen molar-refractivity contribution in [3.63, 3.8) is 0 Å². The number of nitrogens with zero attached hydrogens (tertiary/aromatic N) is 1. The second-order valence-corrected chi connectivity index (χ2v) is 12.7. The molecule has 0 aliphatic heterocycles. The number of carbonyl (C=O) groups is 3. The number of aliphatic carboxylic acids is 1. The van der Waals surface area contributed by atoms with Gasteiger partial charge in [-0.1, -0.05) is 36.4 Å². The summed E-state index contributed by atoms with van der Waals surface area (Å²) in [5.41, 5.74) is 5.46. The number of methoxy groups -OCH3 is 2. The molecular formula is C34H34N4O6. The standard InChI is InChI=1S/C34H34N4O6/c1-43-25-8-5-9-26(44-2)27(25)32-14-19-15-33(17-32,23-11-10-22(29(35)39)20-6-3-4-7-21(20)23)28(31(41)42)34(16-19,18-32)37-30(40)24-12-13-36-38-24/h3-13,19,28H,14-18H2,1-2H3,(H2,35,39)(H,36,38)(H,37,40)(H,41,42). The normalized spacial score (nSPS) is 28.5. The smallest absolute Gasteiger partial charge is 0.309 e. The number of hydrogen-bond acceptors (Lipinski definition) is 6. The molecule has 0 radical (unpaired) electrons. The van der Waals surface area contributed by atoms with Crippen LogP contribution in [0.15, 0.2) is 66.9 Å². The Labute approximate surface area is 253 Å². The summed E-state index contributed by atoms with van der Waals surface area (Å²) in [6.45, 7) is 0. The minimum Gasteiger partial charge on any atom is -0.496 e. The number of aromatic amines is 1. The quantitative estimate of drug-likeness (QED) is 0.237. The number of carboxylic acid groups (broad SMARTS) is 1. The van der Waals surface area contributed by atoms with Crippen LogP contribution < -0.4 is 20.5 Å². The Morgan fingerprint density at radius 3 is 2.30 bits per heavy atom. The zero-order valence-electron chi connectivity index (χ0n) is 24.6. The second kappa shape index (κ2) is 9.83. The summed E-state index contributed by atoms with van der Waals surface area (Å²) in [6.07, 6.45) is 4.36. The van der Waals surface area contributed by atoms with Crippen LogP contribution in [0.2, 0.25) is 0 Å². The van der Waals surface area contributed by atoms with Crippen molar-refractivity contribution in [3.05, 3.63) is 89.2 Å². The third-order valence-corrected chi connectivity index (χ3v) is 10.4. The van der Waals surface area contributed by atoms with Gasteiger partial charge in [0.15, 0.2) is 0 Å². The summed E-state index contributed by atoms with van der Waals surface area (Å²) in [4.78, 5) is 39.8. The molecule has 10 heteroatoms. The average molecular weight is 595 g/mol. The maximum absolute atomic E-state index is 13.7. The lowest BCUT2D eigenvalue weighted by atomic mass is 9.35. The van der Waals surface area contributed by atoms with Gasteiger partial charge < -0.3 is 25.6 Å². The van der Waals surface area contributed by atoms with E-state index in [1.54, 1.807) is 32.5 Å². The van der Waals surface area contributed by atoms with E-state index in [0.29, 0.717) is 48.1 Å². The molecule has 3 aromatic carbocycles. The minimum atomic E-state index is -1.11. The molecule has 1 heterocycles. The fraction of sp³-hybridized carbons (Fsp3) is 0.353. The van der Waals surface area contributed by atoms with Crippen molar-refractivity contribution in [1.82, 2.24) is 15.5 Å². The molecule has 5 atom stereocenters. The largest absolute Gasteiger partial charge is 0.496 e. The van der Waals surface area contributed by atoms with Crippen LogP contribution in [0.3, 0.4) is 0 Å².